The molecule has 1 aromatic carbocycles. The van der Waals surface area contributed by atoms with Crippen molar-refractivity contribution < 1.29 is 9.53 Å². The molecule has 0 spiro atoms. The quantitative estimate of drug-likeness (QED) is 0.819. The van der Waals surface area contributed by atoms with Crippen LogP contribution in [-0.4, -0.2) is 43.3 Å². The van der Waals surface area contributed by atoms with Crippen LogP contribution in [0.25, 0.3) is 0 Å². The van der Waals surface area contributed by atoms with Gasteiger partial charge in [0, 0.05) is 12.2 Å². The van der Waals surface area contributed by atoms with Crippen molar-refractivity contribution in [2.45, 2.75) is 18.9 Å². The van der Waals surface area contributed by atoms with Gasteiger partial charge in [-0.15, -0.1) is 0 Å². The Balaban J connectivity index is 1.63. The van der Waals surface area contributed by atoms with Crippen LogP contribution in [0.1, 0.15) is 12.8 Å². The lowest BCUT2D eigenvalue weighted by atomic mass is 10.2. The van der Waals surface area contributed by atoms with Crippen molar-refractivity contribution in [2.24, 2.45) is 0 Å². The third-order valence-electron chi connectivity index (χ3n) is 3.60. The van der Waals surface area contributed by atoms with Crippen LogP contribution in [0.15, 0.2) is 30.3 Å². The number of carbonyl (C=O) groups excluding carboxylic acids is 1. The second-order valence-corrected chi connectivity index (χ2v) is 4.96. The average molecular weight is 246 g/mol. The van der Waals surface area contributed by atoms with Gasteiger partial charge in [0.25, 0.3) is 0 Å². The monoisotopic (exact) mass is 246 g/mol. The lowest BCUT2D eigenvalue weighted by molar-refractivity contribution is 0.116. The molecule has 1 aromatic rings. The third kappa shape index (κ3) is 2.34. The number of nitrogens with zero attached hydrogens (tertiary/aromatic N) is 2. The van der Waals surface area contributed by atoms with Crippen LogP contribution < -0.4 is 4.90 Å². The molecule has 0 radical (unpaired) electrons. The largest absolute Gasteiger partial charge is 0.443 e. The van der Waals surface area contributed by atoms with Crippen LogP contribution in [-0.2, 0) is 4.74 Å². The number of carbonyl (C=O) groups is 1. The highest BCUT2D eigenvalue weighted by molar-refractivity contribution is 5.89. The minimum absolute atomic E-state index is 0.0100. The van der Waals surface area contributed by atoms with Gasteiger partial charge in [0.15, 0.2) is 0 Å². The van der Waals surface area contributed by atoms with Crippen LogP contribution >= 0.6 is 0 Å². The summed E-state index contributed by atoms with van der Waals surface area (Å²) in [5.41, 5.74) is 0.923. The highest BCUT2D eigenvalue weighted by atomic mass is 16.6. The van der Waals surface area contributed by atoms with E-state index in [0.717, 1.165) is 25.3 Å². The van der Waals surface area contributed by atoms with E-state index in [2.05, 4.69) is 4.90 Å². The molecule has 18 heavy (non-hydrogen) atoms. The zero-order valence-electron chi connectivity index (χ0n) is 10.4. The number of anilines is 1. The van der Waals surface area contributed by atoms with E-state index >= 15 is 0 Å². The molecule has 3 rings (SSSR count). The molecule has 2 fully saturated rings. The molecule has 2 aliphatic heterocycles. The van der Waals surface area contributed by atoms with Gasteiger partial charge in [-0.1, -0.05) is 18.2 Å². The Kier molecular flexibility index (Phi) is 3.19. The topological polar surface area (TPSA) is 32.8 Å². The number of amides is 1. The highest BCUT2D eigenvalue weighted by Gasteiger charge is 2.33. The summed E-state index contributed by atoms with van der Waals surface area (Å²) in [5.74, 6) is 0. The van der Waals surface area contributed by atoms with Crippen molar-refractivity contribution >= 4 is 11.8 Å². The Bertz CT molecular complexity index is 415. The third-order valence-corrected chi connectivity index (χ3v) is 3.60. The molecule has 1 atom stereocenters. The summed E-state index contributed by atoms with van der Waals surface area (Å²) in [6.07, 6.45) is 2.33. The van der Waals surface area contributed by atoms with Gasteiger partial charge in [-0.2, -0.15) is 0 Å². The fraction of sp³-hybridized carbons (Fsp3) is 0.500. The van der Waals surface area contributed by atoms with Gasteiger partial charge in [0.1, 0.15) is 6.10 Å². The molecule has 1 unspecified atom stereocenters. The molecule has 0 bridgehead atoms. The molecule has 1 amide bonds. The molecule has 2 aliphatic rings. The van der Waals surface area contributed by atoms with Crippen molar-refractivity contribution in [1.29, 1.82) is 0 Å². The molecule has 2 saturated heterocycles. The van der Waals surface area contributed by atoms with Gasteiger partial charge >= 0.3 is 6.09 Å². The first-order valence-electron chi connectivity index (χ1n) is 6.58. The summed E-state index contributed by atoms with van der Waals surface area (Å²) in [5, 5.41) is 0. The maximum atomic E-state index is 11.8. The highest BCUT2D eigenvalue weighted by Crippen LogP contribution is 2.22. The van der Waals surface area contributed by atoms with Gasteiger partial charge in [0.2, 0.25) is 0 Å². The molecule has 0 aliphatic carbocycles. The second-order valence-electron chi connectivity index (χ2n) is 4.96. The van der Waals surface area contributed by atoms with E-state index in [1.165, 1.54) is 12.8 Å². The van der Waals surface area contributed by atoms with Crippen molar-refractivity contribution in [3.8, 4) is 0 Å². The first-order valence-corrected chi connectivity index (χ1v) is 6.58. The van der Waals surface area contributed by atoms with E-state index in [9.17, 15) is 4.79 Å². The summed E-state index contributed by atoms with van der Waals surface area (Å²) in [4.78, 5) is 15.9. The first kappa shape index (κ1) is 11.5. The van der Waals surface area contributed by atoms with E-state index < -0.39 is 0 Å². The Labute approximate surface area is 107 Å². The standard InChI is InChI=1S/C14H18N2O2/c17-14-16(12-6-2-1-3-7-12)11-13(18-14)10-15-8-4-5-9-15/h1-3,6-7,13H,4-5,8-11H2. The zero-order valence-corrected chi connectivity index (χ0v) is 10.4. The lowest BCUT2D eigenvalue weighted by Gasteiger charge is -2.18. The van der Waals surface area contributed by atoms with E-state index in [0.29, 0.717) is 6.54 Å². The van der Waals surface area contributed by atoms with E-state index in [-0.39, 0.29) is 12.2 Å². The number of cyclic esters (lactones) is 1. The van der Waals surface area contributed by atoms with Gasteiger partial charge in [-0.3, -0.25) is 9.80 Å². The SMILES string of the molecule is O=C1OC(CN2CCCC2)CN1c1ccccc1. The number of para-hydroxylation sites is 1. The maximum absolute atomic E-state index is 11.8. The minimum Gasteiger partial charge on any atom is -0.443 e. The molecule has 4 heteroatoms. The fourth-order valence-corrected chi connectivity index (χ4v) is 2.69. The molecule has 0 saturated carbocycles. The van der Waals surface area contributed by atoms with Gasteiger partial charge in [0.05, 0.1) is 6.54 Å². The lowest BCUT2D eigenvalue weighted by Crippen LogP contribution is -2.33. The summed E-state index contributed by atoms with van der Waals surface area (Å²) in [6, 6.07) is 9.72. The number of hydrogen-bond acceptors (Lipinski definition) is 3. The van der Waals surface area contributed by atoms with Gasteiger partial charge in [-0.05, 0) is 38.1 Å². The number of benzene rings is 1. The van der Waals surface area contributed by atoms with Crippen LogP contribution in [0.3, 0.4) is 0 Å². The number of likely N-dealkylation sites (tertiary alicyclic amines) is 1. The average Bonchev–Trinajstić information content (AvgIpc) is 3.01. The first-order chi connectivity index (χ1) is 8.83. The summed E-state index contributed by atoms with van der Waals surface area (Å²) >= 11 is 0. The van der Waals surface area contributed by atoms with Crippen molar-refractivity contribution in [3.63, 3.8) is 0 Å². The molecular weight excluding hydrogens is 228 g/mol. The number of ether oxygens (including phenoxy) is 1. The minimum atomic E-state index is -0.217. The molecule has 4 nitrogen and oxygen atoms in total. The Hall–Kier alpha value is -1.55. The van der Waals surface area contributed by atoms with Gasteiger partial charge < -0.3 is 4.74 Å². The van der Waals surface area contributed by atoms with Crippen LogP contribution in [0, 0.1) is 0 Å². The molecule has 96 valence electrons. The summed E-state index contributed by atoms with van der Waals surface area (Å²) in [7, 11) is 0. The van der Waals surface area contributed by atoms with Crippen LogP contribution in [0.5, 0.6) is 0 Å². The zero-order chi connectivity index (χ0) is 12.4. The van der Waals surface area contributed by atoms with E-state index in [4.69, 9.17) is 4.74 Å². The number of rotatable bonds is 3. The van der Waals surface area contributed by atoms with Crippen LogP contribution in [0.4, 0.5) is 10.5 Å². The summed E-state index contributed by atoms with van der Waals surface area (Å²) in [6.45, 7) is 3.81. The predicted molar refractivity (Wildman–Crippen MR) is 69.7 cm³/mol. The Morgan fingerprint density at radius 2 is 1.89 bits per heavy atom. The molecule has 0 N–H and O–H groups in total. The predicted octanol–water partition coefficient (Wildman–Crippen LogP) is 2.11. The van der Waals surface area contributed by atoms with E-state index in [1.807, 2.05) is 30.3 Å². The molecular formula is C14H18N2O2. The Morgan fingerprint density at radius 1 is 1.17 bits per heavy atom. The van der Waals surface area contributed by atoms with Crippen molar-refractivity contribution in [2.75, 3.05) is 31.1 Å². The maximum Gasteiger partial charge on any atom is 0.414 e. The van der Waals surface area contributed by atoms with Crippen LogP contribution in [0.2, 0.25) is 0 Å². The van der Waals surface area contributed by atoms with E-state index in [1.54, 1.807) is 4.90 Å². The molecule has 0 aromatic heterocycles. The normalized spacial score (nSPS) is 24.6. The fourth-order valence-electron chi connectivity index (χ4n) is 2.69. The van der Waals surface area contributed by atoms with Crippen molar-refractivity contribution in [1.82, 2.24) is 4.90 Å². The smallest absolute Gasteiger partial charge is 0.414 e. The van der Waals surface area contributed by atoms with Crippen molar-refractivity contribution in [3.05, 3.63) is 30.3 Å². The second kappa shape index (κ2) is 4.98. The van der Waals surface area contributed by atoms with Gasteiger partial charge in [-0.25, -0.2) is 4.79 Å². The number of hydrogen-bond donors (Lipinski definition) is 0. The Morgan fingerprint density at radius 3 is 2.61 bits per heavy atom. The summed E-state index contributed by atoms with van der Waals surface area (Å²) < 4.78 is 5.44. The molecule has 2 heterocycles.